The second kappa shape index (κ2) is 25.0. The normalized spacial score (nSPS) is 15.0. The van der Waals surface area contributed by atoms with Gasteiger partial charge in [0.1, 0.15) is 42.3 Å². The molecule has 0 spiro atoms. The summed E-state index contributed by atoms with van der Waals surface area (Å²) in [6.45, 7) is 10.7. The molecule has 25 heteroatoms. The molecular weight excluding hydrogens is 1190 g/mol. The fraction of sp³-hybridized carbons (Fsp3) is 0.267. The molecule has 8 heterocycles. The van der Waals surface area contributed by atoms with Crippen LogP contribution in [0.2, 0.25) is 20.1 Å². The maximum absolute atomic E-state index is 14.1. The number of hydrogen-bond acceptors (Lipinski definition) is 15. The minimum atomic E-state index is -0.600. The van der Waals surface area contributed by atoms with Gasteiger partial charge < -0.3 is 49.4 Å². The number of nitrogens with two attached hydrogens (primary N) is 1. The third-order valence-corrected chi connectivity index (χ3v) is 15.6. The van der Waals surface area contributed by atoms with Gasteiger partial charge >= 0.3 is 29.6 Å². The number of pyridine rings is 2. The average molecular weight is 1240 g/mol. The van der Waals surface area contributed by atoms with E-state index in [0.29, 0.717) is 155 Å². The summed E-state index contributed by atoms with van der Waals surface area (Å²) in [6, 6.07) is 23.1. The van der Waals surface area contributed by atoms with Crippen molar-refractivity contribution in [2.75, 3.05) is 53.7 Å². The van der Waals surface area contributed by atoms with Crippen molar-refractivity contribution in [1.82, 2.24) is 39.3 Å². The molecule has 0 unspecified atom stereocenters. The number of fused-ring (bicyclic) bond motifs is 6. The van der Waals surface area contributed by atoms with Crippen LogP contribution in [0.3, 0.4) is 0 Å². The molecule has 3 N–H and O–H groups in total. The zero-order valence-corrected chi connectivity index (χ0v) is 52.2. The Kier molecular flexibility index (Phi) is 18.3. The summed E-state index contributed by atoms with van der Waals surface area (Å²) in [6.07, 6.45) is 6.18. The zero-order valence-electron chi connectivity index (χ0n) is 47.1. The van der Waals surface area contributed by atoms with Gasteiger partial charge in [-0.25, -0.2) is 9.36 Å². The fourth-order valence-corrected chi connectivity index (χ4v) is 11.7. The van der Waals surface area contributed by atoms with Crippen LogP contribution in [0, 0.1) is 11.3 Å². The van der Waals surface area contributed by atoms with E-state index >= 15 is 0 Å². The third-order valence-electron chi connectivity index (χ3n) is 14.7. The Bertz CT molecular complexity index is 3980. The van der Waals surface area contributed by atoms with E-state index in [0.717, 1.165) is 0 Å². The molecule has 3 amide bonds. The predicted octanol–water partition coefficient (Wildman–Crippen LogP) is 7.92. The first kappa shape index (κ1) is 62.3. The third kappa shape index (κ3) is 12.0. The van der Waals surface area contributed by atoms with Gasteiger partial charge in [-0.1, -0.05) is 46.4 Å². The Morgan fingerprint density at radius 3 is 1.42 bits per heavy atom. The van der Waals surface area contributed by atoms with Gasteiger partial charge in [0, 0.05) is 115 Å². The maximum Gasteiger partial charge on any atom is 1.00 e. The molecule has 4 aromatic heterocycles. The smallest absolute Gasteiger partial charge is 0.870 e. The van der Waals surface area contributed by atoms with E-state index < -0.39 is 17.0 Å². The van der Waals surface area contributed by atoms with Crippen LogP contribution in [0.1, 0.15) is 75.7 Å². The SMILES string of the molecule is COc1cc2c(cc1-c1cncc(C#N)c1)-c1c(c(C(=O)N3CCOCC3(C)C)nn1-c1cc(Cl)cc(Cl)c1)CO2.COc1cc2c(cc1-c1cncc(C(N)=O)c1)-c1c(c(C(=O)N3CCOCC3(C)C)nn1-c1cc(Cl)cc(Cl)c1)CO2.[Na+].[OH-]. The summed E-state index contributed by atoms with van der Waals surface area (Å²) in [4.78, 5) is 52.0. The molecule has 0 bridgehead atoms. The molecule has 4 aliphatic rings. The average Bonchev–Trinajstić information content (AvgIpc) is 2.55. The minimum Gasteiger partial charge on any atom is -0.870 e. The summed E-state index contributed by atoms with van der Waals surface area (Å²) >= 11 is 25.6. The first-order valence-corrected chi connectivity index (χ1v) is 27.6. The summed E-state index contributed by atoms with van der Waals surface area (Å²) in [5.41, 5.74) is 13.4. The second-order valence-electron chi connectivity index (χ2n) is 21.1. The number of nitriles is 1. The Hall–Kier alpha value is -7.26. The Morgan fingerprint density at radius 1 is 0.600 bits per heavy atom. The van der Waals surface area contributed by atoms with Crippen LogP contribution < -0.4 is 54.2 Å². The van der Waals surface area contributed by atoms with Gasteiger partial charge in [0.25, 0.3) is 11.8 Å². The van der Waals surface area contributed by atoms with Gasteiger partial charge in [-0.2, -0.15) is 15.5 Å². The number of rotatable bonds is 9. The van der Waals surface area contributed by atoms with Crippen LogP contribution in [0.4, 0.5) is 0 Å². The van der Waals surface area contributed by atoms with E-state index in [1.807, 2.05) is 39.8 Å². The molecule has 432 valence electrons. The summed E-state index contributed by atoms with van der Waals surface area (Å²) in [5, 5.41) is 20.8. The molecule has 0 saturated carbocycles. The van der Waals surface area contributed by atoms with Crippen LogP contribution in [-0.4, -0.2) is 127 Å². The summed E-state index contributed by atoms with van der Waals surface area (Å²) in [5.74, 6) is 1.09. The Morgan fingerprint density at radius 2 is 1.02 bits per heavy atom. The molecule has 12 rings (SSSR count). The number of carbonyl (C=O) groups is 3. The van der Waals surface area contributed by atoms with Crippen molar-refractivity contribution in [3.8, 4) is 85.2 Å². The topological polar surface area (TPSA) is 254 Å². The molecule has 20 nitrogen and oxygen atoms in total. The molecule has 2 fully saturated rings. The van der Waals surface area contributed by atoms with E-state index in [4.69, 9.17) is 90.8 Å². The van der Waals surface area contributed by atoms with Crippen LogP contribution in [0.5, 0.6) is 23.0 Å². The quantitative estimate of drug-likeness (QED) is 0.135. The standard InChI is InChI=1S/C30H27Cl2N5O5.C30H25Cl2N5O4.Na.H2O/c1-30(2)15-41-5-4-36(30)29(39)26-23-14-42-25-11-24(40-3)21(16-6-17(28(33)38)13-34-12-16)10-22(25)27(23)37(35-26)20-8-18(31)7-19(32)9-20;1-30(2)16-40-5-4-36(30)29(38)27-24-15-41-26-11-25(39-3)22(18-6-17(12-33)13-34-14-18)10-23(26)28(24)37(35-27)21-8-19(31)7-20(32)9-21;;/h6-13H,4-5,14-15H2,1-3H3,(H2,33,38);6-11,13-14H,4-5,15-16H2,1-3H3;;1H2/q;;+1;/p-1. The number of halogens is 4. The largest absolute Gasteiger partial charge is 1.00 e. The number of ether oxygens (including phenoxy) is 6. The number of carbonyl (C=O) groups excluding carboxylic acids is 3. The van der Waals surface area contributed by atoms with E-state index in [2.05, 4.69) is 16.0 Å². The van der Waals surface area contributed by atoms with Gasteiger partial charge in [-0.3, -0.25) is 24.4 Å². The number of aromatic nitrogens is 6. The fourth-order valence-electron chi connectivity index (χ4n) is 10.7. The number of nitrogens with zero attached hydrogens (tertiary/aromatic N) is 9. The Balaban J connectivity index is 0.000000199. The molecule has 0 radical (unpaired) electrons. The number of hydrogen-bond donors (Lipinski definition) is 1. The monoisotopic (exact) mass is 1240 g/mol. The molecule has 0 aliphatic carbocycles. The molecule has 4 aromatic carbocycles. The molecule has 2 saturated heterocycles. The Labute approximate surface area is 530 Å². The van der Waals surface area contributed by atoms with E-state index in [1.165, 1.54) is 12.4 Å². The van der Waals surface area contributed by atoms with Crippen molar-refractivity contribution in [3.63, 3.8) is 0 Å². The number of primary amides is 1. The van der Waals surface area contributed by atoms with Crippen molar-refractivity contribution < 1.29 is 77.8 Å². The summed E-state index contributed by atoms with van der Waals surface area (Å²) in [7, 11) is 3.12. The van der Waals surface area contributed by atoms with Crippen molar-refractivity contribution in [2.24, 2.45) is 5.73 Å². The van der Waals surface area contributed by atoms with E-state index in [9.17, 15) is 19.6 Å². The molecular formula is C60H53Cl4N10NaO10. The first-order chi connectivity index (χ1) is 39.8. The second-order valence-corrected chi connectivity index (χ2v) is 22.9. The number of benzene rings is 4. The predicted molar refractivity (Wildman–Crippen MR) is 313 cm³/mol. The molecule has 8 aromatic rings. The molecule has 85 heavy (non-hydrogen) atoms. The first-order valence-electron chi connectivity index (χ1n) is 26.0. The summed E-state index contributed by atoms with van der Waals surface area (Å²) < 4.78 is 38.4. The number of morpholine rings is 2. The van der Waals surface area contributed by atoms with Gasteiger partial charge in [0.2, 0.25) is 5.91 Å². The van der Waals surface area contributed by atoms with Crippen molar-refractivity contribution in [3.05, 3.63) is 151 Å². The van der Waals surface area contributed by atoms with Gasteiger partial charge in [-0.05, 0) is 88.4 Å². The zero-order chi connectivity index (χ0) is 58.6. The van der Waals surface area contributed by atoms with Crippen molar-refractivity contribution >= 4 is 64.1 Å². The van der Waals surface area contributed by atoms with Crippen LogP contribution >= 0.6 is 46.4 Å². The number of amides is 3. The van der Waals surface area contributed by atoms with Crippen LogP contribution in [0.25, 0.3) is 56.1 Å². The number of methoxy groups -OCH3 is 2. The van der Waals surface area contributed by atoms with Gasteiger partial charge in [0.05, 0.1) is 85.6 Å². The van der Waals surface area contributed by atoms with Crippen molar-refractivity contribution in [2.45, 2.75) is 52.0 Å². The van der Waals surface area contributed by atoms with Crippen LogP contribution in [0.15, 0.2) is 97.6 Å². The molecule has 0 atom stereocenters. The van der Waals surface area contributed by atoms with Crippen molar-refractivity contribution in [1.29, 1.82) is 5.26 Å². The minimum absolute atomic E-state index is 0. The van der Waals surface area contributed by atoms with Gasteiger partial charge in [0.15, 0.2) is 11.4 Å². The molecule has 4 aliphatic heterocycles. The van der Waals surface area contributed by atoms with E-state index in [1.54, 1.807) is 106 Å². The van der Waals surface area contributed by atoms with Gasteiger partial charge in [-0.15, -0.1) is 0 Å². The maximum atomic E-state index is 14.1. The van der Waals surface area contributed by atoms with E-state index in [-0.39, 0.29) is 77.0 Å². The van der Waals surface area contributed by atoms with Crippen LogP contribution in [-0.2, 0) is 22.7 Å².